The van der Waals surface area contributed by atoms with E-state index in [4.69, 9.17) is 19.5 Å². The number of ether oxygens (including phenoxy) is 3. The zero-order valence-electron chi connectivity index (χ0n) is 10.9. The van der Waals surface area contributed by atoms with Crippen LogP contribution in [-0.4, -0.2) is 31.3 Å². The van der Waals surface area contributed by atoms with Crippen LogP contribution in [0.5, 0.6) is 17.2 Å². The number of nitrogens with zero attached hydrogens (tertiary/aromatic N) is 2. The third kappa shape index (κ3) is 2.31. The lowest BCUT2D eigenvalue weighted by Gasteiger charge is -2.12. The van der Waals surface area contributed by atoms with Crippen molar-refractivity contribution in [3.8, 4) is 34.7 Å². The highest BCUT2D eigenvalue weighted by Crippen LogP contribution is 2.38. The van der Waals surface area contributed by atoms with Crippen LogP contribution in [0.1, 0.15) is 5.69 Å². The van der Waals surface area contributed by atoms with Gasteiger partial charge in [0.25, 0.3) is 0 Å². The summed E-state index contributed by atoms with van der Waals surface area (Å²) >= 11 is 0. The molecule has 1 heterocycles. The Bertz CT molecular complexity index is 629. The van der Waals surface area contributed by atoms with Gasteiger partial charge in [0, 0.05) is 6.07 Å². The van der Waals surface area contributed by atoms with Gasteiger partial charge in [-0.05, 0) is 6.07 Å². The largest absolute Gasteiger partial charge is 0.496 e. The van der Waals surface area contributed by atoms with Gasteiger partial charge >= 0.3 is 0 Å². The molecule has 0 saturated heterocycles. The summed E-state index contributed by atoms with van der Waals surface area (Å²) in [5.74, 6) is 2.24. The van der Waals surface area contributed by atoms with Crippen molar-refractivity contribution in [3.05, 3.63) is 24.0 Å². The minimum absolute atomic E-state index is 0.381. The summed E-state index contributed by atoms with van der Waals surface area (Å²) in [6.07, 6.45) is 1.46. The molecule has 2 aromatic rings. The normalized spacial score (nSPS) is 9.79. The van der Waals surface area contributed by atoms with Crippen LogP contribution >= 0.6 is 0 Å². The second kappa shape index (κ2) is 5.31. The highest BCUT2D eigenvalue weighted by molar-refractivity contribution is 5.70. The smallest absolute Gasteiger partial charge is 0.164 e. The standard InChI is InChI=1S/C13H13N3O3/c1-17-10-5-12(19-3)11(18-2)4-9(10)13-15-7-8(6-14)16-13/h4-5,7H,1-3H3,(H,15,16). The summed E-state index contributed by atoms with van der Waals surface area (Å²) in [5, 5.41) is 8.81. The van der Waals surface area contributed by atoms with E-state index in [1.165, 1.54) is 6.20 Å². The van der Waals surface area contributed by atoms with Crippen LogP contribution in [-0.2, 0) is 0 Å². The zero-order chi connectivity index (χ0) is 13.8. The van der Waals surface area contributed by atoms with E-state index in [1.807, 2.05) is 6.07 Å². The maximum absolute atomic E-state index is 8.81. The van der Waals surface area contributed by atoms with Crippen molar-refractivity contribution < 1.29 is 14.2 Å². The zero-order valence-corrected chi connectivity index (χ0v) is 10.9. The first-order valence-electron chi connectivity index (χ1n) is 5.49. The van der Waals surface area contributed by atoms with E-state index >= 15 is 0 Å². The molecule has 0 aliphatic carbocycles. The van der Waals surface area contributed by atoms with Crippen LogP contribution in [0, 0.1) is 11.3 Å². The maximum Gasteiger partial charge on any atom is 0.164 e. The van der Waals surface area contributed by atoms with Gasteiger partial charge in [-0.15, -0.1) is 0 Å². The molecule has 0 atom stereocenters. The van der Waals surface area contributed by atoms with Gasteiger partial charge in [-0.3, -0.25) is 0 Å². The molecule has 0 unspecified atom stereocenters. The van der Waals surface area contributed by atoms with Crippen molar-refractivity contribution >= 4 is 0 Å². The molecular weight excluding hydrogens is 246 g/mol. The second-order valence-electron chi connectivity index (χ2n) is 3.66. The van der Waals surface area contributed by atoms with E-state index in [9.17, 15) is 0 Å². The van der Waals surface area contributed by atoms with Crippen molar-refractivity contribution in [3.63, 3.8) is 0 Å². The Balaban J connectivity index is 2.58. The fraction of sp³-hybridized carbons (Fsp3) is 0.231. The predicted molar refractivity (Wildman–Crippen MR) is 68.4 cm³/mol. The number of H-pyrrole nitrogens is 1. The monoisotopic (exact) mass is 259 g/mol. The number of hydrogen-bond acceptors (Lipinski definition) is 5. The Hall–Kier alpha value is -2.68. The van der Waals surface area contributed by atoms with Gasteiger partial charge in [-0.1, -0.05) is 0 Å². The van der Waals surface area contributed by atoms with Crippen molar-refractivity contribution in [1.82, 2.24) is 9.97 Å². The predicted octanol–water partition coefficient (Wildman–Crippen LogP) is 1.97. The fourth-order valence-electron chi connectivity index (χ4n) is 1.73. The Kier molecular flexibility index (Phi) is 3.57. The Morgan fingerprint density at radius 3 is 2.21 bits per heavy atom. The molecule has 0 aliphatic rings. The molecular formula is C13H13N3O3. The number of aromatic nitrogens is 2. The molecule has 2 rings (SSSR count). The van der Waals surface area contributed by atoms with Gasteiger partial charge < -0.3 is 19.2 Å². The minimum Gasteiger partial charge on any atom is -0.496 e. The second-order valence-corrected chi connectivity index (χ2v) is 3.66. The number of nitriles is 1. The molecule has 0 aliphatic heterocycles. The first-order valence-corrected chi connectivity index (χ1v) is 5.49. The number of rotatable bonds is 4. The molecule has 0 amide bonds. The van der Waals surface area contributed by atoms with Crippen molar-refractivity contribution in [1.29, 1.82) is 5.26 Å². The van der Waals surface area contributed by atoms with Gasteiger partial charge in [-0.2, -0.15) is 5.26 Å². The van der Waals surface area contributed by atoms with E-state index in [2.05, 4.69) is 9.97 Å². The molecule has 0 fully saturated rings. The fourth-order valence-corrected chi connectivity index (χ4v) is 1.73. The molecule has 6 nitrogen and oxygen atoms in total. The summed E-state index contributed by atoms with van der Waals surface area (Å²) in [6.45, 7) is 0. The summed E-state index contributed by atoms with van der Waals surface area (Å²) in [7, 11) is 4.66. The highest BCUT2D eigenvalue weighted by atomic mass is 16.5. The van der Waals surface area contributed by atoms with Crippen molar-refractivity contribution in [2.75, 3.05) is 21.3 Å². The minimum atomic E-state index is 0.381. The van der Waals surface area contributed by atoms with Gasteiger partial charge in [0.05, 0.1) is 33.1 Å². The topological polar surface area (TPSA) is 80.2 Å². The number of benzene rings is 1. The molecule has 1 aromatic carbocycles. The van der Waals surface area contributed by atoms with Crippen molar-refractivity contribution in [2.24, 2.45) is 0 Å². The Morgan fingerprint density at radius 2 is 1.68 bits per heavy atom. The van der Waals surface area contributed by atoms with Gasteiger partial charge in [-0.25, -0.2) is 4.98 Å². The van der Waals surface area contributed by atoms with E-state index in [0.717, 1.165) is 0 Å². The maximum atomic E-state index is 8.81. The number of imidazole rings is 1. The van der Waals surface area contributed by atoms with Crippen LogP contribution in [0.25, 0.3) is 11.4 Å². The summed E-state index contributed by atoms with van der Waals surface area (Å²) in [5.41, 5.74) is 1.08. The quantitative estimate of drug-likeness (QED) is 0.908. The molecule has 0 spiro atoms. The third-order valence-corrected chi connectivity index (χ3v) is 2.66. The summed E-state index contributed by atoms with van der Waals surface area (Å²) in [4.78, 5) is 7.04. The highest BCUT2D eigenvalue weighted by Gasteiger charge is 2.15. The first-order chi connectivity index (χ1) is 9.23. The molecule has 0 radical (unpaired) electrons. The van der Waals surface area contributed by atoms with Crippen LogP contribution < -0.4 is 14.2 Å². The lowest BCUT2D eigenvalue weighted by Crippen LogP contribution is -1.95. The van der Waals surface area contributed by atoms with Gasteiger partial charge in [0.15, 0.2) is 11.5 Å². The lowest BCUT2D eigenvalue weighted by molar-refractivity contribution is 0.349. The molecule has 0 bridgehead atoms. The van der Waals surface area contributed by atoms with E-state index in [1.54, 1.807) is 33.5 Å². The number of nitrogens with one attached hydrogen (secondary N) is 1. The molecule has 0 saturated carbocycles. The van der Waals surface area contributed by atoms with E-state index in [-0.39, 0.29) is 0 Å². The third-order valence-electron chi connectivity index (χ3n) is 2.66. The Morgan fingerprint density at radius 1 is 1.05 bits per heavy atom. The lowest BCUT2D eigenvalue weighted by atomic mass is 10.1. The molecule has 19 heavy (non-hydrogen) atoms. The SMILES string of the molecule is COc1cc(OC)c(-c2ncc(C#N)[nH]2)cc1OC. The number of methoxy groups -OCH3 is 3. The van der Waals surface area contributed by atoms with Gasteiger partial charge in [0.1, 0.15) is 23.3 Å². The van der Waals surface area contributed by atoms with E-state index < -0.39 is 0 Å². The summed E-state index contributed by atoms with van der Waals surface area (Å²) in [6, 6.07) is 5.45. The average molecular weight is 259 g/mol. The first kappa shape index (κ1) is 12.8. The van der Waals surface area contributed by atoms with Crippen LogP contribution in [0.3, 0.4) is 0 Å². The molecule has 6 heteroatoms. The van der Waals surface area contributed by atoms with Crippen LogP contribution in [0.15, 0.2) is 18.3 Å². The Labute approximate surface area is 110 Å². The average Bonchev–Trinajstić information content (AvgIpc) is 2.94. The number of hydrogen-bond donors (Lipinski definition) is 1. The molecule has 1 aromatic heterocycles. The summed E-state index contributed by atoms with van der Waals surface area (Å²) < 4.78 is 15.8. The van der Waals surface area contributed by atoms with Crippen LogP contribution in [0.4, 0.5) is 0 Å². The van der Waals surface area contributed by atoms with E-state index in [0.29, 0.717) is 34.3 Å². The van der Waals surface area contributed by atoms with Crippen molar-refractivity contribution in [2.45, 2.75) is 0 Å². The van der Waals surface area contributed by atoms with Crippen LogP contribution in [0.2, 0.25) is 0 Å². The molecule has 98 valence electrons. The van der Waals surface area contributed by atoms with Gasteiger partial charge in [0.2, 0.25) is 0 Å². The number of aromatic amines is 1. The molecule has 1 N–H and O–H groups in total.